The van der Waals surface area contributed by atoms with Crippen molar-refractivity contribution in [2.75, 3.05) is 13.2 Å². The number of benzene rings is 1. The monoisotopic (exact) mass is 458 g/mol. The van der Waals surface area contributed by atoms with Crippen molar-refractivity contribution < 1.29 is 24.2 Å². The molecule has 3 atom stereocenters. The fourth-order valence-electron chi connectivity index (χ4n) is 3.23. The van der Waals surface area contributed by atoms with Crippen LogP contribution in [-0.2, 0) is 25.5 Å². The minimum Gasteiger partial charge on any atom is -0.463 e. The van der Waals surface area contributed by atoms with Crippen LogP contribution in [0.15, 0.2) is 55.6 Å². The lowest BCUT2D eigenvalue weighted by Gasteiger charge is -2.25. The molecule has 0 aliphatic heterocycles. The molecule has 182 valence electrons. The second-order valence-electron chi connectivity index (χ2n) is 8.43. The van der Waals surface area contributed by atoms with Crippen LogP contribution >= 0.6 is 0 Å². The van der Waals surface area contributed by atoms with Gasteiger partial charge < -0.3 is 20.5 Å². The third kappa shape index (κ3) is 11.5. The topological polar surface area (TPSA) is 105 Å². The number of rotatable bonds is 16. The molecule has 7 nitrogen and oxygen atoms in total. The SMILES string of the molecule is C=CCCC(=O)OCC(NC(=O)C(CC=C)CC(=O)NC(CO)Cc1ccccc1)C(C)C. The summed E-state index contributed by atoms with van der Waals surface area (Å²) in [7, 11) is 0. The van der Waals surface area contributed by atoms with Gasteiger partial charge in [0.25, 0.3) is 0 Å². The second-order valence-corrected chi connectivity index (χ2v) is 8.43. The van der Waals surface area contributed by atoms with Crippen LogP contribution in [0, 0.1) is 11.8 Å². The highest BCUT2D eigenvalue weighted by molar-refractivity contribution is 5.86. The highest BCUT2D eigenvalue weighted by Crippen LogP contribution is 2.13. The maximum Gasteiger partial charge on any atom is 0.306 e. The molecule has 0 saturated heterocycles. The predicted molar refractivity (Wildman–Crippen MR) is 129 cm³/mol. The summed E-state index contributed by atoms with van der Waals surface area (Å²) in [4.78, 5) is 37.3. The van der Waals surface area contributed by atoms with Crippen LogP contribution in [-0.4, -0.2) is 48.2 Å². The first-order valence-electron chi connectivity index (χ1n) is 11.4. The van der Waals surface area contributed by atoms with E-state index < -0.39 is 12.0 Å². The van der Waals surface area contributed by atoms with Crippen LogP contribution in [0.3, 0.4) is 0 Å². The summed E-state index contributed by atoms with van der Waals surface area (Å²) >= 11 is 0. The summed E-state index contributed by atoms with van der Waals surface area (Å²) in [6.45, 7) is 11.0. The van der Waals surface area contributed by atoms with Gasteiger partial charge >= 0.3 is 5.97 Å². The number of hydrogen-bond acceptors (Lipinski definition) is 5. The van der Waals surface area contributed by atoms with Crippen molar-refractivity contribution >= 4 is 17.8 Å². The van der Waals surface area contributed by atoms with E-state index >= 15 is 0 Å². The molecule has 1 rings (SSSR count). The minimum absolute atomic E-state index is 0.0315. The smallest absolute Gasteiger partial charge is 0.306 e. The van der Waals surface area contributed by atoms with E-state index in [4.69, 9.17) is 4.74 Å². The zero-order valence-electron chi connectivity index (χ0n) is 19.8. The standard InChI is InChI=1S/C26H38N2O5/c1-5-7-14-25(31)33-18-23(19(3)4)28-26(32)21(11-6-2)16-24(30)27-22(17-29)15-20-12-9-8-10-13-20/h5-6,8-10,12-13,19,21-23,29H,1-2,7,11,14-18H2,3-4H3,(H,27,30)(H,28,32). The van der Waals surface area contributed by atoms with E-state index in [1.807, 2.05) is 44.2 Å². The molecule has 0 aliphatic rings. The van der Waals surface area contributed by atoms with Crippen molar-refractivity contribution in [3.05, 3.63) is 61.2 Å². The molecular weight excluding hydrogens is 420 g/mol. The molecule has 0 aliphatic carbocycles. The Bertz CT molecular complexity index is 763. The third-order valence-corrected chi connectivity index (χ3v) is 5.27. The molecular formula is C26H38N2O5. The van der Waals surface area contributed by atoms with Crippen molar-refractivity contribution in [2.24, 2.45) is 11.8 Å². The second kappa shape index (κ2) is 15.8. The first kappa shape index (κ1) is 28.1. The highest BCUT2D eigenvalue weighted by atomic mass is 16.5. The molecule has 3 N–H and O–H groups in total. The van der Waals surface area contributed by atoms with Crippen LogP contribution in [0.4, 0.5) is 0 Å². The average Bonchev–Trinajstić information content (AvgIpc) is 2.79. The maximum absolute atomic E-state index is 12.9. The minimum atomic E-state index is -0.615. The number of carbonyl (C=O) groups is 3. The molecule has 1 aromatic carbocycles. The van der Waals surface area contributed by atoms with E-state index in [2.05, 4.69) is 23.8 Å². The van der Waals surface area contributed by atoms with Gasteiger partial charge in [-0.1, -0.05) is 56.3 Å². The molecule has 0 fully saturated rings. The largest absolute Gasteiger partial charge is 0.463 e. The Morgan fingerprint density at radius 3 is 2.36 bits per heavy atom. The zero-order chi connectivity index (χ0) is 24.6. The Balaban J connectivity index is 2.67. The van der Waals surface area contributed by atoms with Crippen LogP contribution in [0.2, 0.25) is 0 Å². The van der Waals surface area contributed by atoms with Crippen molar-refractivity contribution in [3.63, 3.8) is 0 Å². The van der Waals surface area contributed by atoms with E-state index in [0.717, 1.165) is 5.56 Å². The number of carbonyl (C=O) groups excluding carboxylic acids is 3. The number of hydrogen-bond donors (Lipinski definition) is 3. The summed E-state index contributed by atoms with van der Waals surface area (Å²) in [5.41, 5.74) is 1.000. The van der Waals surface area contributed by atoms with Gasteiger partial charge in [-0.05, 0) is 30.7 Å². The number of nitrogens with one attached hydrogen (secondary N) is 2. The van der Waals surface area contributed by atoms with Gasteiger partial charge in [-0.3, -0.25) is 14.4 Å². The predicted octanol–water partition coefficient (Wildman–Crippen LogP) is 2.94. The van der Waals surface area contributed by atoms with Crippen molar-refractivity contribution in [1.82, 2.24) is 10.6 Å². The Kier molecular flexibility index (Phi) is 13.5. The van der Waals surface area contributed by atoms with Gasteiger partial charge in [0.05, 0.1) is 24.6 Å². The van der Waals surface area contributed by atoms with Crippen LogP contribution in [0.25, 0.3) is 0 Å². The molecule has 1 aromatic rings. The summed E-state index contributed by atoms with van der Waals surface area (Å²) < 4.78 is 5.28. The molecule has 2 amide bonds. The van der Waals surface area contributed by atoms with Crippen LogP contribution in [0.5, 0.6) is 0 Å². The molecule has 0 aromatic heterocycles. The van der Waals surface area contributed by atoms with Gasteiger partial charge in [0.1, 0.15) is 6.61 Å². The number of aliphatic hydroxyl groups is 1. The quantitative estimate of drug-likeness (QED) is 0.261. The van der Waals surface area contributed by atoms with Crippen LogP contribution < -0.4 is 10.6 Å². The average molecular weight is 459 g/mol. The number of esters is 1. The molecule has 0 bridgehead atoms. The Hall–Kier alpha value is -2.93. The lowest BCUT2D eigenvalue weighted by atomic mass is 9.97. The van der Waals surface area contributed by atoms with E-state index in [-0.39, 0.29) is 55.8 Å². The van der Waals surface area contributed by atoms with Gasteiger partial charge in [0, 0.05) is 12.8 Å². The summed E-state index contributed by atoms with van der Waals surface area (Å²) in [5, 5.41) is 15.4. The Labute approximate surface area is 197 Å². The van der Waals surface area contributed by atoms with E-state index in [1.165, 1.54) is 0 Å². The Morgan fingerprint density at radius 2 is 1.79 bits per heavy atom. The fraction of sp³-hybridized carbons (Fsp3) is 0.500. The zero-order valence-corrected chi connectivity index (χ0v) is 19.8. The van der Waals surface area contributed by atoms with Gasteiger partial charge in [0.2, 0.25) is 11.8 Å². The van der Waals surface area contributed by atoms with Gasteiger partial charge in [-0.15, -0.1) is 13.2 Å². The molecule has 0 heterocycles. The maximum atomic E-state index is 12.9. The highest BCUT2D eigenvalue weighted by Gasteiger charge is 2.26. The number of aliphatic hydroxyl groups excluding tert-OH is 1. The number of amides is 2. The molecule has 7 heteroatoms. The summed E-state index contributed by atoms with van der Waals surface area (Å²) in [6, 6.07) is 8.75. The number of ether oxygens (including phenoxy) is 1. The van der Waals surface area contributed by atoms with Gasteiger partial charge in [0.15, 0.2) is 0 Å². The third-order valence-electron chi connectivity index (χ3n) is 5.27. The summed E-state index contributed by atoms with van der Waals surface area (Å²) in [6.07, 6.45) is 4.82. The molecule has 0 saturated carbocycles. The summed E-state index contributed by atoms with van der Waals surface area (Å²) in [5.74, 6) is -1.54. The fourth-order valence-corrected chi connectivity index (χ4v) is 3.23. The van der Waals surface area contributed by atoms with Crippen LogP contribution in [0.1, 0.15) is 45.1 Å². The number of allylic oxidation sites excluding steroid dienone is 2. The molecule has 0 radical (unpaired) electrons. The van der Waals surface area contributed by atoms with E-state index in [1.54, 1.807) is 12.2 Å². The lowest BCUT2D eigenvalue weighted by Crippen LogP contribution is -2.46. The van der Waals surface area contributed by atoms with Crippen molar-refractivity contribution in [2.45, 2.75) is 58.0 Å². The van der Waals surface area contributed by atoms with Gasteiger partial charge in [-0.25, -0.2) is 0 Å². The van der Waals surface area contributed by atoms with Crippen molar-refractivity contribution in [1.29, 1.82) is 0 Å². The molecule has 33 heavy (non-hydrogen) atoms. The Morgan fingerprint density at radius 1 is 1.09 bits per heavy atom. The molecule has 3 unspecified atom stereocenters. The van der Waals surface area contributed by atoms with E-state index in [9.17, 15) is 19.5 Å². The molecule has 0 spiro atoms. The lowest BCUT2D eigenvalue weighted by molar-refractivity contribution is -0.145. The van der Waals surface area contributed by atoms with E-state index in [0.29, 0.717) is 19.3 Å². The first-order valence-corrected chi connectivity index (χ1v) is 11.4. The van der Waals surface area contributed by atoms with Crippen molar-refractivity contribution in [3.8, 4) is 0 Å². The normalized spacial score (nSPS) is 13.5. The van der Waals surface area contributed by atoms with Gasteiger partial charge in [-0.2, -0.15) is 0 Å². The first-order chi connectivity index (χ1) is 15.8.